The van der Waals surface area contributed by atoms with E-state index >= 15 is 0 Å². The summed E-state index contributed by atoms with van der Waals surface area (Å²) in [7, 11) is 1.88. The van der Waals surface area contributed by atoms with Gasteiger partial charge in [0.2, 0.25) is 0 Å². The van der Waals surface area contributed by atoms with E-state index in [1.54, 1.807) is 0 Å². The molecule has 21 heavy (non-hydrogen) atoms. The summed E-state index contributed by atoms with van der Waals surface area (Å²) < 4.78 is 0. The molecule has 106 valence electrons. The van der Waals surface area contributed by atoms with Crippen LogP contribution in [0.15, 0.2) is 36.4 Å². The molecule has 3 rings (SSSR count). The van der Waals surface area contributed by atoms with Gasteiger partial charge in [0.15, 0.2) is 5.82 Å². The van der Waals surface area contributed by atoms with Gasteiger partial charge in [0.25, 0.3) is 0 Å². The van der Waals surface area contributed by atoms with Crippen LogP contribution < -0.4 is 5.32 Å². The largest absolute Gasteiger partial charge is 0.373 e. The second-order valence-electron chi connectivity index (χ2n) is 5.08. The molecule has 4 heteroatoms. The van der Waals surface area contributed by atoms with Gasteiger partial charge >= 0.3 is 0 Å². The van der Waals surface area contributed by atoms with E-state index in [-0.39, 0.29) is 0 Å². The summed E-state index contributed by atoms with van der Waals surface area (Å²) in [6, 6.07) is 12.0. The lowest BCUT2D eigenvalue weighted by Gasteiger charge is -2.10. The second kappa shape index (κ2) is 5.34. The van der Waals surface area contributed by atoms with Crippen LogP contribution in [0.4, 0.5) is 5.82 Å². The maximum Gasteiger partial charge on any atom is 0.162 e. The summed E-state index contributed by atoms with van der Waals surface area (Å²) >= 11 is 6.09. The molecule has 0 saturated carbocycles. The molecule has 1 N–H and O–H groups in total. The third kappa shape index (κ3) is 2.45. The van der Waals surface area contributed by atoms with Gasteiger partial charge in [0.05, 0.1) is 5.52 Å². The maximum absolute atomic E-state index is 6.09. The van der Waals surface area contributed by atoms with Crippen molar-refractivity contribution in [1.82, 2.24) is 9.97 Å². The normalized spacial score (nSPS) is 10.9. The molecule has 0 aliphatic rings. The Morgan fingerprint density at radius 3 is 2.52 bits per heavy atom. The van der Waals surface area contributed by atoms with Crippen LogP contribution in [0.3, 0.4) is 0 Å². The molecule has 2 aromatic carbocycles. The fourth-order valence-corrected chi connectivity index (χ4v) is 2.52. The SMILES string of the molecule is CNc1nc(-c2ccc(Cl)c(C)c2)nc2c(C)cccc12. The van der Waals surface area contributed by atoms with E-state index in [0.717, 1.165) is 38.4 Å². The molecular weight excluding hydrogens is 282 g/mol. The lowest BCUT2D eigenvalue weighted by molar-refractivity contribution is 1.20. The van der Waals surface area contributed by atoms with Gasteiger partial charge in [-0.3, -0.25) is 0 Å². The van der Waals surface area contributed by atoms with Crippen LogP contribution in [-0.4, -0.2) is 17.0 Å². The van der Waals surface area contributed by atoms with E-state index in [9.17, 15) is 0 Å². The molecule has 0 saturated heterocycles. The van der Waals surface area contributed by atoms with Crippen LogP contribution in [0.2, 0.25) is 5.02 Å². The number of hydrogen-bond acceptors (Lipinski definition) is 3. The molecule has 0 amide bonds. The monoisotopic (exact) mass is 297 g/mol. The molecule has 3 nitrogen and oxygen atoms in total. The van der Waals surface area contributed by atoms with Gasteiger partial charge in [-0.25, -0.2) is 9.97 Å². The smallest absolute Gasteiger partial charge is 0.162 e. The third-order valence-corrected chi connectivity index (χ3v) is 4.01. The first-order valence-electron chi connectivity index (χ1n) is 6.82. The van der Waals surface area contributed by atoms with Crippen molar-refractivity contribution in [1.29, 1.82) is 0 Å². The Balaban J connectivity index is 2.28. The van der Waals surface area contributed by atoms with Crippen molar-refractivity contribution in [3.05, 3.63) is 52.5 Å². The zero-order valence-corrected chi connectivity index (χ0v) is 13.0. The van der Waals surface area contributed by atoms with Crippen LogP contribution >= 0.6 is 11.6 Å². The van der Waals surface area contributed by atoms with Crippen LogP contribution in [-0.2, 0) is 0 Å². The molecule has 3 aromatic rings. The standard InChI is InChI=1S/C17H16ClN3/c1-10-5-4-6-13-15(10)20-16(21-17(13)19-3)12-7-8-14(18)11(2)9-12/h4-9H,1-3H3,(H,19,20,21). The fourth-order valence-electron chi connectivity index (χ4n) is 2.40. The first-order chi connectivity index (χ1) is 10.1. The number of nitrogens with zero attached hydrogens (tertiary/aromatic N) is 2. The molecule has 0 spiro atoms. The summed E-state index contributed by atoms with van der Waals surface area (Å²) in [4.78, 5) is 9.37. The number of nitrogens with one attached hydrogen (secondary N) is 1. The molecule has 0 unspecified atom stereocenters. The van der Waals surface area contributed by atoms with E-state index in [1.165, 1.54) is 0 Å². The van der Waals surface area contributed by atoms with Gasteiger partial charge in [0, 0.05) is 23.0 Å². The Morgan fingerprint density at radius 1 is 1.00 bits per heavy atom. The summed E-state index contributed by atoms with van der Waals surface area (Å²) in [5, 5.41) is 4.94. The number of aryl methyl sites for hydroxylation is 2. The van der Waals surface area contributed by atoms with Crippen molar-refractivity contribution < 1.29 is 0 Å². The minimum atomic E-state index is 0.709. The molecule has 0 fully saturated rings. The Bertz CT molecular complexity index is 828. The Labute approximate surface area is 129 Å². The van der Waals surface area contributed by atoms with Gasteiger partial charge in [-0.1, -0.05) is 23.7 Å². The van der Waals surface area contributed by atoms with Crippen molar-refractivity contribution in [3.63, 3.8) is 0 Å². The molecule has 0 radical (unpaired) electrons. The summed E-state index contributed by atoms with van der Waals surface area (Å²) in [5.41, 5.74) is 4.10. The van der Waals surface area contributed by atoms with Crippen molar-refractivity contribution >= 4 is 28.3 Å². The molecular formula is C17H16ClN3. The molecule has 1 aromatic heterocycles. The minimum absolute atomic E-state index is 0.709. The van der Waals surface area contributed by atoms with E-state index in [1.807, 2.05) is 44.3 Å². The van der Waals surface area contributed by atoms with Gasteiger partial charge in [-0.15, -0.1) is 0 Å². The lowest BCUT2D eigenvalue weighted by Crippen LogP contribution is -2.00. The molecule has 1 heterocycles. The van der Waals surface area contributed by atoms with E-state index in [4.69, 9.17) is 16.6 Å². The second-order valence-corrected chi connectivity index (χ2v) is 5.49. The average Bonchev–Trinajstić information content (AvgIpc) is 2.49. The highest BCUT2D eigenvalue weighted by atomic mass is 35.5. The highest BCUT2D eigenvalue weighted by molar-refractivity contribution is 6.31. The van der Waals surface area contributed by atoms with Crippen molar-refractivity contribution in [2.24, 2.45) is 0 Å². The maximum atomic E-state index is 6.09. The zero-order valence-electron chi connectivity index (χ0n) is 12.2. The number of para-hydroxylation sites is 1. The van der Waals surface area contributed by atoms with E-state index < -0.39 is 0 Å². The number of anilines is 1. The average molecular weight is 298 g/mol. The highest BCUT2D eigenvalue weighted by Crippen LogP contribution is 2.28. The number of hydrogen-bond donors (Lipinski definition) is 1. The van der Waals surface area contributed by atoms with Gasteiger partial charge in [0.1, 0.15) is 5.82 Å². The number of rotatable bonds is 2. The van der Waals surface area contributed by atoms with E-state index in [0.29, 0.717) is 5.82 Å². The van der Waals surface area contributed by atoms with Crippen molar-refractivity contribution in [2.75, 3.05) is 12.4 Å². The fraction of sp³-hybridized carbons (Fsp3) is 0.176. The zero-order chi connectivity index (χ0) is 15.0. The number of benzene rings is 2. The van der Waals surface area contributed by atoms with Crippen LogP contribution in [0.5, 0.6) is 0 Å². The number of aromatic nitrogens is 2. The summed E-state index contributed by atoms with van der Waals surface area (Å²) in [6.45, 7) is 4.04. The quantitative estimate of drug-likeness (QED) is 0.750. The Kier molecular flexibility index (Phi) is 3.52. The topological polar surface area (TPSA) is 37.8 Å². The molecule has 0 atom stereocenters. The summed E-state index contributed by atoms with van der Waals surface area (Å²) in [5.74, 6) is 1.55. The van der Waals surface area contributed by atoms with Crippen LogP contribution in [0.1, 0.15) is 11.1 Å². The molecule has 0 bridgehead atoms. The summed E-state index contributed by atoms with van der Waals surface area (Å²) in [6.07, 6.45) is 0. The first kappa shape index (κ1) is 13.8. The highest BCUT2D eigenvalue weighted by Gasteiger charge is 2.10. The predicted molar refractivity (Wildman–Crippen MR) is 89.0 cm³/mol. The van der Waals surface area contributed by atoms with Crippen LogP contribution in [0, 0.1) is 13.8 Å². The first-order valence-corrected chi connectivity index (χ1v) is 7.19. The van der Waals surface area contributed by atoms with Gasteiger partial charge in [-0.05, 0) is 49.2 Å². The van der Waals surface area contributed by atoms with Crippen LogP contribution in [0.25, 0.3) is 22.3 Å². The Hall–Kier alpha value is -2.13. The Morgan fingerprint density at radius 2 is 1.81 bits per heavy atom. The molecule has 0 aliphatic heterocycles. The van der Waals surface area contributed by atoms with Gasteiger partial charge in [-0.2, -0.15) is 0 Å². The van der Waals surface area contributed by atoms with Gasteiger partial charge < -0.3 is 5.32 Å². The number of halogens is 1. The molecule has 0 aliphatic carbocycles. The van der Waals surface area contributed by atoms with Crippen molar-refractivity contribution in [3.8, 4) is 11.4 Å². The van der Waals surface area contributed by atoms with Crippen molar-refractivity contribution in [2.45, 2.75) is 13.8 Å². The number of fused-ring (bicyclic) bond motifs is 1. The third-order valence-electron chi connectivity index (χ3n) is 3.58. The lowest BCUT2D eigenvalue weighted by atomic mass is 10.1. The predicted octanol–water partition coefficient (Wildman–Crippen LogP) is 4.61. The van der Waals surface area contributed by atoms with E-state index in [2.05, 4.69) is 23.3 Å². The minimum Gasteiger partial charge on any atom is -0.373 e.